The van der Waals surface area contributed by atoms with Crippen LogP contribution in [0.25, 0.3) is 0 Å². The normalized spacial score (nSPS) is 13.0. The van der Waals surface area contributed by atoms with Crippen LogP contribution in [0.1, 0.15) is 19.4 Å². The minimum atomic E-state index is -0.619. The monoisotopic (exact) mass is 438 g/mol. The summed E-state index contributed by atoms with van der Waals surface area (Å²) in [4.78, 5) is 26.5. The second-order valence-electron chi connectivity index (χ2n) is 7.08. The van der Waals surface area contributed by atoms with Crippen molar-refractivity contribution in [1.82, 2.24) is 5.32 Å². The van der Waals surface area contributed by atoms with Gasteiger partial charge in [-0.3, -0.25) is 9.59 Å². The molecule has 4 N–H and O–H groups in total. The van der Waals surface area contributed by atoms with Crippen LogP contribution in [-0.4, -0.2) is 30.9 Å². The molecule has 1 aliphatic rings. The number of hydrogen-bond donors (Lipinski definition) is 3. The van der Waals surface area contributed by atoms with E-state index in [1.54, 1.807) is 0 Å². The number of nitrogens with zero attached hydrogens (tertiary/aromatic N) is 1. The van der Waals surface area contributed by atoms with Crippen LogP contribution >= 0.6 is 24.8 Å². The van der Waals surface area contributed by atoms with Crippen LogP contribution in [0.3, 0.4) is 0 Å². The van der Waals surface area contributed by atoms with E-state index < -0.39 is 6.04 Å². The van der Waals surface area contributed by atoms with Crippen molar-refractivity contribution >= 4 is 53.7 Å². The fraction of sp³-hybridized carbons (Fsp3) is 0.333. The van der Waals surface area contributed by atoms with Crippen LogP contribution in [0.2, 0.25) is 0 Å². The van der Waals surface area contributed by atoms with Crippen LogP contribution in [-0.2, 0) is 16.0 Å². The standard InChI is InChI=1S/C21H26N4O2.2ClH/c1-14(2)20(22)21(27)23-13-19(26)24-16-8-4-6-10-18(16)25-12-11-15-7-3-5-9-17(15)25;;/h3-10,14,20H,11-13,22H2,1-2H3,(H,23,27)(H,24,26);2*1H/t20-;;/m0../s1. The van der Waals surface area contributed by atoms with Crippen LogP contribution in [0, 0.1) is 5.92 Å². The molecule has 8 heteroatoms. The number of nitrogens with one attached hydrogen (secondary N) is 2. The molecule has 0 unspecified atom stereocenters. The number of anilines is 3. The van der Waals surface area contributed by atoms with Gasteiger partial charge in [0.05, 0.1) is 24.0 Å². The molecule has 3 rings (SSSR count). The number of nitrogens with two attached hydrogens (primary N) is 1. The third-order valence-electron chi connectivity index (χ3n) is 4.80. The zero-order valence-corrected chi connectivity index (χ0v) is 18.2. The van der Waals surface area contributed by atoms with E-state index in [0.717, 1.165) is 30.0 Å². The first-order valence-corrected chi connectivity index (χ1v) is 9.25. The highest BCUT2D eigenvalue weighted by atomic mass is 35.5. The molecule has 2 aromatic rings. The van der Waals surface area contributed by atoms with Gasteiger partial charge in [-0.2, -0.15) is 0 Å². The number of fused-ring (bicyclic) bond motifs is 1. The van der Waals surface area contributed by atoms with Crippen molar-refractivity contribution in [2.24, 2.45) is 11.7 Å². The van der Waals surface area contributed by atoms with E-state index in [2.05, 4.69) is 27.7 Å². The second kappa shape index (κ2) is 11.0. The summed E-state index contributed by atoms with van der Waals surface area (Å²) in [6.45, 7) is 4.50. The molecule has 0 saturated carbocycles. The molecule has 2 aromatic carbocycles. The van der Waals surface area contributed by atoms with Gasteiger partial charge < -0.3 is 21.3 Å². The number of carbonyl (C=O) groups is 2. The molecule has 1 aliphatic heterocycles. The quantitative estimate of drug-likeness (QED) is 0.645. The Morgan fingerprint density at radius 1 is 1.03 bits per heavy atom. The molecule has 0 saturated heterocycles. The first-order chi connectivity index (χ1) is 13.0. The van der Waals surface area contributed by atoms with Crippen molar-refractivity contribution in [2.45, 2.75) is 26.3 Å². The van der Waals surface area contributed by atoms with Crippen molar-refractivity contribution in [1.29, 1.82) is 0 Å². The molecule has 2 amide bonds. The summed E-state index contributed by atoms with van der Waals surface area (Å²) in [6, 6.07) is 15.4. The Morgan fingerprint density at radius 2 is 1.66 bits per heavy atom. The smallest absolute Gasteiger partial charge is 0.243 e. The molecule has 6 nitrogen and oxygen atoms in total. The van der Waals surface area contributed by atoms with Gasteiger partial charge in [0.25, 0.3) is 0 Å². The SMILES string of the molecule is CC(C)[C@H](N)C(=O)NCC(=O)Nc1ccccc1N1CCc2ccccc21.Cl.Cl. The molecular formula is C21H28Cl2N4O2. The summed E-state index contributed by atoms with van der Waals surface area (Å²) in [5.41, 5.74) is 9.93. The summed E-state index contributed by atoms with van der Waals surface area (Å²) < 4.78 is 0. The first kappa shape index (κ1) is 24.8. The maximum Gasteiger partial charge on any atom is 0.243 e. The van der Waals surface area contributed by atoms with Crippen molar-refractivity contribution in [3.05, 3.63) is 54.1 Å². The van der Waals surface area contributed by atoms with Gasteiger partial charge in [-0.15, -0.1) is 24.8 Å². The van der Waals surface area contributed by atoms with E-state index in [4.69, 9.17) is 5.73 Å². The van der Waals surface area contributed by atoms with Gasteiger partial charge in [-0.05, 0) is 36.1 Å². The summed E-state index contributed by atoms with van der Waals surface area (Å²) in [7, 11) is 0. The molecular weight excluding hydrogens is 411 g/mol. The maximum absolute atomic E-state index is 12.3. The highest BCUT2D eigenvalue weighted by Gasteiger charge is 2.22. The van der Waals surface area contributed by atoms with Gasteiger partial charge in [0.1, 0.15) is 0 Å². The Hall–Kier alpha value is -2.28. The number of rotatable bonds is 6. The number of carbonyl (C=O) groups excluding carboxylic acids is 2. The zero-order chi connectivity index (χ0) is 19.4. The minimum absolute atomic E-state index is 0. The number of hydrogen-bond acceptors (Lipinski definition) is 4. The van der Waals surface area contributed by atoms with Crippen LogP contribution in [0.5, 0.6) is 0 Å². The van der Waals surface area contributed by atoms with Crippen molar-refractivity contribution in [2.75, 3.05) is 23.3 Å². The summed E-state index contributed by atoms with van der Waals surface area (Å²) >= 11 is 0. The molecule has 29 heavy (non-hydrogen) atoms. The average molecular weight is 439 g/mol. The lowest BCUT2D eigenvalue weighted by atomic mass is 10.1. The van der Waals surface area contributed by atoms with Crippen molar-refractivity contribution in [3.8, 4) is 0 Å². The Morgan fingerprint density at radius 3 is 2.34 bits per heavy atom. The summed E-state index contributed by atoms with van der Waals surface area (Å²) in [6.07, 6.45) is 0.974. The predicted octanol–water partition coefficient (Wildman–Crippen LogP) is 3.26. The first-order valence-electron chi connectivity index (χ1n) is 9.25. The number of para-hydroxylation sites is 3. The van der Waals surface area contributed by atoms with Crippen LogP contribution in [0.4, 0.5) is 17.1 Å². The van der Waals surface area contributed by atoms with Gasteiger partial charge >= 0.3 is 0 Å². The van der Waals surface area contributed by atoms with Crippen LogP contribution in [0.15, 0.2) is 48.5 Å². The van der Waals surface area contributed by atoms with E-state index in [-0.39, 0.29) is 49.1 Å². The van der Waals surface area contributed by atoms with Gasteiger partial charge in [0.2, 0.25) is 11.8 Å². The maximum atomic E-state index is 12.3. The highest BCUT2D eigenvalue weighted by molar-refractivity contribution is 5.98. The number of amides is 2. The highest BCUT2D eigenvalue weighted by Crippen LogP contribution is 2.37. The molecule has 1 atom stereocenters. The minimum Gasteiger partial charge on any atom is -0.346 e. The summed E-state index contributed by atoms with van der Waals surface area (Å²) in [5.74, 6) is -0.579. The summed E-state index contributed by atoms with van der Waals surface area (Å²) in [5, 5.41) is 5.50. The van der Waals surface area contributed by atoms with E-state index >= 15 is 0 Å². The largest absolute Gasteiger partial charge is 0.346 e. The van der Waals surface area contributed by atoms with E-state index in [9.17, 15) is 9.59 Å². The third-order valence-corrected chi connectivity index (χ3v) is 4.80. The fourth-order valence-corrected chi connectivity index (χ4v) is 3.19. The zero-order valence-electron chi connectivity index (χ0n) is 16.6. The van der Waals surface area contributed by atoms with Crippen LogP contribution < -0.4 is 21.3 Å². The Balaban J connectivity index is 0.00000210. The van der Waals surface area contributed by atoms with E-state index in [1.807, 2.05) is 50.2 Å². The van der Waals surface area contributed by atoms with Gasteiger partial charge in [-0.25, -0.2) is 0 Å². The Bertz CT molecular complexity index is 845. The number of benzene rings is 2. The predicted molar refractivity (Wildman–Crippen MR) is 123 cm³/mol. The lowest BCUT2D eigenvalue weighted by molar-refractivity contribution is -0.125. The van der Waals surface area contributed by atoms with Gasteiger partial charge in [0.15, 0.2) is 0 Å². The van der Waals surface area contributed by atoms with E-state index in [0.29, 0.717) is 0 Å². The lowest BCUT2D eigenvalue weighted by Crippen LogP contribution is -2.46. The fourth-order valence-electron chi connectivity index (χ4n) is 3.19. The van der Waals surface area contributed by atoms with E-state index in [1.165, 1.54) is 5.56 Å². The lowest BCUT2D eigenvalue weighted by Gasteiger charge is -2.23. The van der Waals surface area contributed by atoms with Gasteiger partial charge in [0, 0.05) is 12.2 Å². The molecule has 0 spiro atoms. The average Bonchev–Trinajstić information content (AvgIpc) is 3.10. The molecule has 0 fully saturated rings. The molecule has 158 valence electrons. The Labute approximate surface area is 184 Å². The van der Waals surface area contributed by atoms with Crippen molar-refractivity contribution in [3.63, 3.8) is 0 Å². The molecule has 0 aromatic heterocycles. The number of halogens is 2. The Kier molecular flexibility index (Phi) is 9.43. The second-order valence-corrected chi connectivity index (χ2v) is 7.08. The topological polar surface area (TPSA) is 87.5 Å². The van der Waals surface area contributed by atoms with Gasteiger partial charge in [-0.1, -0.05) is 44.2 Å². The van der Waals surface area contributed by atoms with Crippen molar-refractivity contribution < 1.29 is 9.59 Å². The third kappa shape index (κ3) is 5.85. The molecule has 0 radical (unpaired) electrons. The molecule has 0 aliphatic carbocycles. The molecule has 0 bridgehead atoms. The molecule has 1 heterocycles.